The zero-order valence-corrected chi connectivity index (χ0v) is 12.0. The molecule has 1 unspecified atom stereocenters. The summed E-state index contributed by atoms with van der Waals surface area (Å²) in [5.74, 6) is 0.938. The van der Waals surface area contributed by atoms with Gasteiger partial charge in [-0.25, -0.2) is 0 Å². The molecule has 0 heterocycles. The fourth-order valence-electron chi connectivity index (χ4n) is 2.63. The highest BCUT2D eigenvalue weighted by atomic mass is 35.5. The predicted molar refractivity (Wildman–Crippen MR) is 78.3 cm³/mol. The quantitative estimate of drug-likeness (QED) is 0.824. The summed E-state index contributed by atoms with van der Waals surface area (Å²) in [6.45, 7) is 2.27. The van der Waals surface area contributed by atoms with E-state index in [4.69, 9.17) is 11.6 Å². The van der Waals surface area contributed by atoms with Crippen LogP contribution in [-0.4, -0.2) is 29.1 Å². The van der Waals surface area contributed by atoms with Gasteiger partial charge in [0.1, 0.15) is 0 Å². The van der Waals surface area contributed by atoms with Crippen LogP contribution in [0.2, 0.25) is 5.02 Å². The minimum absolute atomic E-state index is 0.363. The van der Waals surface area contributed by atoms with Crippen molar-refractivity contribution < 1.29 is 5.11 Å². The zero-order chi connectivity index (χ0) is 13.2. The molecule has 2 saturated carbocycles. The van der Waals surface area contributed by atoms with Gasteiger partial charge in [0, 0.05) is 24.2 Å². The van der Waals surface area contributed by atoms with Gasteiger partial charge in [-0.3, -0.25) is 0 Å². The summed E-state index contributed by atoms with van der Waals surface area (Å²) in [5.41, 5.74) is 0.978. The summed E-state index contributed by atoms with van der Waals surface area (Å²) in [4.78, 5) is 2.59. The molecule has 0 spiro atoms. The molecular formula is C16H22ClNO. The van der Waals surface area contributed by atoms with Crippen LogP contribution in [0, 0.1) is 5.92 Å². The van der Waals surface area contributed by atoms with Gasteiger partial charge in [-0.15, -0.1) is 0 Å². The Morgan fingerprint density at radius 2 is 1.84 bits per heavy atom. The molecule has 104 valence electrons. The van der Waals surface area contributed by atoms with Crippen molar-refractivity contribution in [3.8, 4) is 0 Å². The van der Waals surface area contributed by atoms with E-state index in [9.17, 15) is 5.11 Å². The van der Waals surface area contributed by atoms with Gasteiger partial charge in [0.05, 0.1) is 6.10 Å². The Hall–Kier alpha value is -0.570. The molecule has 0 amide bonds. The fourth-order valence-corrected chi connectivity index (χ4v) is 2.76. The maximum Gasteiger partial charge on any atom is 0.0802 e. The molecule has 1 atom stereocenters. The van der Waals surface area contributed by atoms with Crippen LogP contribution >= 0.6 is 11.6 Å². The van der Waals surface area contributed by atoms with Gasteiger partial charge < -0.3 is 10.0 Å². The summed E-state index contributed by atoms with van der Waals surface area (Å²) in [6, 6.07) is 8.36. The minimum atomic E-state index is -0.363. The molecule has 0 bridgehead atoms. The van der Waals surface area contributed by atoms with E-state index in [1.54, 1.807) is 0 Å². The van der Waals surface area contributed by atoms with E-state index in [-0.39, 0.29) is 6.10 Å². The maximum absolute atomic E-state index is 10.2. The van der Waals surface area contributed by atoms with Crippen LogP contribution < -0.4 is 0 Å². The lowest BCUT2D eigenvalue weighted by atomic mass is 10.1. The van der Waals surface area contributed by atoms with Crippen molar-refractivity contribution in [2.24, 2.45) is 5.92 Å². The van der Waals surface area contributed by atoms with Crippen LogP contribution in [0.15, 0.2) is 24.3 Å². The summed E-state index contributed by atoms with van der Waals surface area (Å²) in [6.07, 6.45) is 5.97. The summed E-state index contributed by atoms with van der Waals surface area (Å²) >= 11 is 5.87. The molecule has 3 rings (SSSR count). The topological polar surface area (TPSA) is 23.5 Å². The molecule has 2 nitrogen and oxygen atoms in total. The second-order valence-electron chi connectivity index (χ2n) is 6.03. The Morgan fingerprint density at radius 3 is 2.42 bits per heavy atom. The molecular weight excluding hydrogens is 258 g/mol. The van der Waals surface area contributed by atoms with Crippen molar-refractivity contribution in [1.82, 2.24) is 4.90 Å². The third-order valence-electron chi connectivity index (χ3n) is 4.20. The molecule has 1 aromatic rings. The molecule has 0 aromatic heterocycles. The first kappa shape index (κ1) is 13.4. The highest BCUT2D eigenvalue weighted by molar-refractivity contribution is 6.30. The zero-order valence-electron chi connectivity index (χ0n) is 11.3. The number of hydrogen-bond acceptors (Lipinski definition) is 2. The lowest BCUT2D eigenvalue weighted by Crippen LogP contribution is -2.30. The number of halogens is 1. The third kappa shape index (κ3) is 3.95. The second kappa shape index (κ2) is 5.82. The monoisotopic (exact) mass is 279 g/mol. The summed E-state index contributed by atoms with van der Waals surface area (Å²) in [5, 5.41) is 11.0. The fraction of sp³-hybridized carbons (Fsp3) is 0.625. The van der Waals surface area contributed by atoms with E-state index >= 15 is 0 Å². The van der Waals surface area contributed by atoms with Crippen molar-refractivity contribution in [3.05, 3.63) is 34.9 Å². The number of rotatable bonds is 7. The third-order valence-corrected chi connectivity index (χ3v) is 4.45. The Bertz CT molecular complexity index is 411. The number of aliphatic hydroxyl groups is 1. The van der Waals surface area contributed by atoms with E-state index in [1.807, 2.05) is 24.3 Å². The molecule has 1 aromatic carbocycles. The average molecular weight is 280 g/mol. The number of benzene rings is 1. The van der Waals surface area contributed by atoms with Crippen molar-refractivity contribution in [2.75, 3.05) is 13.1 Å². The van der Waals surface area contributed by atoms with Crippen LogP contribution in [0.5, 0.6) is 0 Å². The van der Waals surface area contributed by atoms with Gasteiger partial charge in [0.2, 0.25) is 0 Å². The first-order valence-electron chi connectivity index (χ1n) is 7.40. The Kier molecular flexibility index (Phi) is 4.11. The first-order chi connectivity index (χ1) is 9.22. The smallest absolute Gasteiger partial charge is 0.0802 e. The van der Waals surface area contributed by atoms with E-state index < -0.39 is 0 Å². The van der Waals surface area contributed by atoms with Crippen LogP contribution in [0.4, 0.5) is 0 Å². The molecule has 1 N–H and O–H groups in total. The number of hydrogen-bond donors (Lipinski definition) is 1. The number of aliphatic hydroxyl groups excluding tert-OH is 1. The molecule has 19 heavy (non-hydrogen) atoms. The molecule has 0 saturated heterocycles. The van der Waals surface area contributed by atoms with Gasteiger partial charge in [-0.2, -0.15) is 0 Å². The largest absolute Gasteiger partial charge is 0.388 e. The number of nitrogens with zero attached hydrogens (tertiary/aromatic N) is 1. The SMILES string of the molecule is OC(CCN(CC1CC1)C1CC1)c1ccc(Cl)cc1. The summed E-state index contributed by atoms with van der Waals surface area (Å²) in [7, 11) is 0. The van der Waals surface area contributed by atoms with E-state index in [2.05, 4.69) is 4.90 Å². The molecule has 3 heteroatoms. The van der Waals surface area contributed by atoms with Crippen molar-refractivity contribution >= 4 is 11.6 Å². The van der Waals surface area contributed by atoms with Gasteiger partial charge in [0.15, 0.2) is 0 Å². The predicted octanol–water partition coefficient (Wildman–Crippen LogP) is 3.64. The molecule has 0 radical (unpaired) electrons. The van der Waals surface area contributed by atoms with E-state index in [0.29, 0.717) is 0 Å². The standard InChI is InChI=1S/C16H22ClNO/c17-14-5-3-13(4-6-14)16(19)9-10-18(15-7-8-15)11-12-1-2-12/h3-6,12,15-16,19H,1-2,7-11H2. The molecule has 2 aliphatic carbocycles. The lowest BCUT2D eigenvalue weighted by Gasteiger charge is -2.23. The molecule has 0 aliphatic heterocycles. The van der Waals surface area contributed by atoms with Crippen LogP contribution in [0.3, 0.4) is 0 Å². The summed E-state index contributed by atoms with van der Waals surface area (Å²) < 4.78 is 0. The second-order valence-corrected chi connectivity index (χ2v) is 6.46. The highest BCUT2D eigenvalue weighted by Crippen LogP contribution is 2.35. The first-order valence-corrected chi connectivity index (χ1v) is 7.78. The van der Waals surface area contributed by atoms with Gasteiger partial charge in [0.25, 0.3) is 0 Å². The van der Waals surface area contributed by atoms with Crippen LogP contribution in [0.25, 0.3) is 0 Å². The van der Waals surface area contributed by atoms with Gasteiger partial charge >= 0.3 is 0 Å². The van der Waals surface area contributed by atoms with Gasteiger partial charge in [-0.05, 0) is 55.7 Å². The van der Waals surface area contributed by atoms with Crippen LogP contribution in [0.1, 0.15) is 43.8 Å². The molecule has 2 fully saturated rings. The van der Waals surface area contributed by atoms with Gasteiger partial charge in [-0.1, -0.05) is 23.7 Å². The lowest BCUT2D eigenvalue weighted by molar-refractivity contribution is 0.137. The Morgan fingerprint density at radius 1 is 1.16 bits per heavy atom. The molecule has 2 aliphatic rings. The van der Waals surface area contributed by atoms with Crippen molar-refractivity contribution in [2.45, 2.75) is 44.2 Å². The maximum atomic E-state index is 10.2. The normalized spacial score (nSPS) is 20.8. The van der Waals surface area contributed by atoms with E-state index in [0.717, 1.165) is 35.5 Å². The van der Waals surface area contributed by atoms with Crippen molar-refractivity contribution in [1.29, 1.82) is 0 Å². The average Bonchev–Trinajstić information content (AvgIpc) is 3.27. The van der Waals surface area contributed by atoms with Crippen molar-refractivity contribution in [3.63, 3.8) is 0 Å². The minimum Gasteiger partial charge on any atom is -0.388 e. The Balaban J connectivity index is 1.50. The van der Waals surface area contributed by atoms with Crippen LogP contribution in [-0.2, 0) is 0 Å². The highest BCUT2D eigenvalue weighted by Gasteiger charge is 2.33. The van der Waals surface area contributed by atoms with E-state index in [1.165, 1.54) is 32.2 Å². The Labute approximate surface area is 120 Å².